The van der Waals surface area contributed by atoms with Gasteiger partial charge < -0.3 is 14.5 Å². The molecule has 0 radical (unpaired) electrons. The topological polar surface area (TPSA) is 32.8 Å². The molecule has 144 valence electrons. The number of ether oxygens (including phenoxy) is 1. The number of hydrogen-bond donors (Lipinski definition) is 0. The first-order valence-electron chi connectivity index (χ1n) is 9.07. The van der Waals surface area contributed by atoms with E-state index in [0.717, 1.165) is 30.2 Å². The number of carbonyl (C=O) groups is 1. The van der Waals surface area contributed by atoms with Gasteiger partial charge in [0.25, 0.3) is 5.91 Å². The van der Waals surface area contributed by atoms with Crippen molar-refractivity contribution >= 4 is 11.6 Å². The zero-order chi connectivity index (χ0) is 19.4. The Morgan fingerprint density at radius 1 is 1.15 bits per heavy atom. The summed E-state index contributed by atoms with van der Waals surface area (Å²) < 4.78 is 33.4. The van der Waals surface area contributed by atoms with Crippen molar-refractivity contribution in [3.63, 3.8) is 0 Å². The van der Waals surface area contributed by atoms with Crippen LogP contribution in [0.4, 0.5) is 14.5 Å². The molecular formula is C21H24F2N2O2. The Morgan fingerprint density at radius 3 is 2.52 bits per heavy atom. The molecule has 1 aliphatic rings. The maximum atomic E-state index is 14.1. The Morgan fingerprint density at radius 2 is 1.89 bits per heavy atom. The molecule has 2 aromatic rings. The van der Waals surface area contributed by atoms with E-state index in [4.69, 9.17) is 4.74 Å². The molecule has 1 amide bonds. The quantitative estimate of drug-likeness (QED) is 0.770. The number of benzene rings is 2. The number of nitrogens with zero attached hydrogens (tertiary/aromatic N) is 2. The van der Waals surface area contributed by atoms with Crippen LogP contribution in [-0.4, -0.2) is 44.2 Å². The average molecular weight is 374 g/mol. The van der Waals surface area contributed by atoms with Crippen LogP contribution in [0, 0.1) is 11.6 Å². The van der Waals surface area contributed by atoms with Crippen molar-refractivity contribution in [1.82, 2.24) is 4.90 Å². The Labute approximate surface area is 158 Å². The van der Waals surface area contributed by atoms with Crippen molar-refractivity contribution in [2.75, 3.05) is 32.1 Å². The van der Waals surface area contributed by atoms with Crippen LogP contribution < -0.4 is 4.90 Å². The molecule has 1 atom stereocenters. The average Bonchev–Trinajstić information content (AvgIpc) is 3.16. The number of rotatable bonds is 6. The zero-order valence-electron chi connectivity index (χ0n) is 15.6. The van der Waals surface area contributed by atoms with E-state index in [-0.39, 0.29) is 11.7 Å². The molecule has 6 heteroatoms. The van der Waals surface area contributed by atoms with Crippen molar-refractivity contribution in [2.24, 2.45) is 0 Å². The van der Waals surface area contributed by atoms with Gasteiger partial charge in [0.15, 0.2) is 11.6 Å². The highest BCUT2D eigenvalue weighted by Crippen LogP contribution is 2.20. The second-order valence-electron chi connectivity index (χ2n) is 6.98. The van der Waals surface area contributed by atoms with Crippen molar-refractivity contribution < 1.29 is 18.3 Å². The highest BCUT2D eigenvalue weighted by atomic mass is 19.2. The summed E-state index contributed by atoms with van der Waals surface area (Å²) in [7, 11) is 3.91. The van der Waals surface area contributed by atoms with Gasteiger partial charge in [-0.05, 0) is 42.7 Å². The first kappa shape index (κ1) is 19.3. The summed E-state index contributed by atoms with van der Waals surface area (Å²) in [5.41, 5.74) is 1.72. The van der Waals surface area contributed by atoms with Crippen molar-refractivity contribution in [1.29, 1.82) is 0 Å². The normalized spacial score (nSPS) is 16.4. The highest BCUT2D eigenvalue weighted by molar-refractivity contribution is 5.94. The number of halogens is 2. The van der Waals surface area contributed by atoms with Gasteiger partial charge in [0, 0.05) is 39.5 Å². The van der Waals surface area contributed by atoms with Gasteiger partial charge >= 0.3 is 0 Å². The van der Waals surface area contributed by atoms with Gasteiger partial charge in [0.2, 0.25) is 0 Å². The molecule has 27 heavy (non-hydrogen) atoms. The summed E-state index contributed by atoms with van der Waals surface area (Å²) in [6, 6.07) is 11.5. The van der Waals surface area contributed by atoms with Crippen LogP contribution in [0.5, 0.6) is 0 Å². The number of anilines is 1. The van der Waals surface area contributed by atoms with E-state index in [9.17, 15) is 13.6 Å². The molecule has 1 saturated heterocycles. The van der Waals surface area contributed by atoms with E-state index >= 15 is 0 Å². The molecule has 1 fully saturated rings. The minimum Gasteiger partial charge on any atom is -0.378 e. The summed E-state index contributed by atoms with van der Waals surface area (Å²) in [5, 5.41) is 0. The summed E-state index contributed by atoms with van der Waals surface area (Å²) in [6.45, 7) is 1.32. The van der Waals surface area contributed by atoms with Gasteiger partial charge in [-0.25, -0.2) is 8.78 Å². The van der Waals surface area contributed by atoms with E-state index in [1.54, 1.807) is 4.90 Å². The lowest BCUT2D eigenvalue weighted by atomic mass is 10.1. The molecule has 1 unspecified atom stereocenters. The number of hydrogen-bond acceptors (Lipinski definition) is 3. The molecule has 0 N–H and O–H groups in total. The largest absolute Gasteiger partial charge is 0.378 e. The third-order valence-corrected chi connectivity index (χ3v) is 4.74. The second kappa shape index (κ2) is 8.48. The van der Waals surface area contributed by atoms with Gasteiger partial charge in [-0.3, -0.25) is 4.79 Å². The third kappa shape index (κ3) is 4.63. The van der Waals surface area contributed by atoms with E-state index in [1.165, 1.54) is 12.1 Å². The van der Waals surface area contributed by atoms with Crippen LogP contribution in [0.2, 0.25) is 0 Å². The molecule has 0 spiro atoms. The molecule has 2 aromatic carbocycles. The molecule has 0 bridgehead atoms. The van der Waals surface area contributed by atoms with Gasteiger partial charge in [0.1, 0.15) is 0 Å². The molecule has 4 nitrogen and oxygen atoms in total. The van der Waals surface area contributed by atoms with Crippen LogP contribution in [-0.2, 0) is 11.3 Å². The fraction of sp³-hybridized carbons (Fsp3) is 0.381. The molecule has 1 aliphatic heterocycles. The Hall–Kier alpha value is -2.47. The second-order valence-corrected chi connectivity index (χ2v) is 6.98. The molecule has 0 aromatic heterocycles. The third-order valence-electron chi connectivity index (χ3n) is 4.74. The van der Waals surface area contributed by atoms with Crippen LogP contribution in [0.3, 0.4) is 0 Å². The Balaban J connectivity index is 1.83. The molecule has 0 saturated carbocycles. The van der Waals surface area contributed by atoms with Gasteiger partial charge in [-0.1, -0.05) is 18.2 Å². The maximum Gasteiger partial charge on any atom is 0.257 e. The minimum absolute atomic E-state index is 0.0772. The standard InChI is InChI=1S/C21H24F2N2O2/c1-24(2)16-10-8-15(9-11-16)13-25(14-17-5-4-12-27-17)21(26)18-6-3-7-19(22)20(18)23/h3,6-11,17H,4-5,12-14H2,1-2H3. The lowest BCUT2D eigenvalue weighted by Gasteiger charge is -2.26. The zero-order valence-corrected chi connectivity index (χ0v) is 15.6. The lowest BCUT2D eigenvalue weighted by Crippen LogP contribution is -2.37. The first-order chi connectivity index (χ1) is 13.0. The monoisotopic (exact) mass is 374 g/mol. The van der Waals surface area contributed by atoms with Crippen molar-refractivity contribution in [2.45, 2.75) is 25.5 Å². The predicted molar refractivity (Wildman–Crippen MR) is 101 cm³/mol. The highest BCUT2D eigenvalue weighted by Gasteiger charge is 2.26. The van der Waals surface area contributed by atoms with E-state index in [0.29, 0.717) is 19.7 Å². The Kier molecular flexibility index (Phi) is 6.06. The number of amides is 1. The van der Waals surface area contributed by atoms with E-state index in [2.05, 4.69) is 0 Å². The maximum absolute atomic E-state index is 14.1. The van der Waals surface area contributed by atoms with Crippen LogP contribution in [0.15, 0.2) is 42.5 Å². The van der Waals surface area contributed by atoms with Gasteiger partial charge in [-0.15, -0.1) is 0 Å². The van der Waals surface area contributed by atoms with Crippen LogP contribution in [0.1, 0.15) is 28.8 Å². The minimum atomic E-state index is -1.11. The first-order valence-corrected chi connectivity index (χ1v) is 9.07. The van der Waals surface area contributed by atoms with Crippen LogP contribution >= 0.6 is 0 Å². The molecule has 1 heterocycles. The summed E-state index contributed by atoms with van der Waals surface area (Å²) in [4.78, 5) is 16.5. The molecule has 0 aliphatic carbocycles. The SMILES string of the molecule is CN(C)c1ccc(CN(CC2CCCO2)C(=O)c2cccc(F)c2F)cc1. The number of carbonyl (C=O) groups excluding carboxylic acids is 1. The molecule has 3 rings (SSSR count). The van der Waals surface area contributed by atoms with Gasteiger partial charge in [-0.2, -0.15) is 0 Å². The Bertz CT molecular complexity index is 787. The fourth-order valence-electron chi connectivity index (χ4n) is 3.21. The van der Waals surface area contributed by atoms with E-state index in [1.807, 2.05) is 43.3 Å². The summed E-state index contributed by atoms with van der Waals surface area (Å²) >= 11 is 0. The van der Waals surface area contributed by atoms with Crippen molar-refractivity contribution in [3.8, 4) is 0 Å². The fourth-order valence-corrected chi connectivity index (χ4v) is 3.21. The lowest BCUT2D eigenvalue weighted by molar-refractivity contribution is 0.0503. The predicted octanol–water partition coefficient (Wildman–Crippen LogP) is 3.85. The van der Waals surface area contributed by atoms with E-state index < -0.39 is 17.5 Å². The summed E-state index contributed by atoms with van der Waals surface area (Å²) in [6.07, 6.45) is 1.72. The smallest absolute Gasteiger partial charge is 0.257 e. The van der Waals surface area contributed by atoms with Crippen molar-refractivity contribution in [3.05, 3.63) is 65.2 Å². The van der Waals surface area contributed by atoms with Crippen LogP contribution in [0.25, 0.3) is 0 Å². The van der Waals surface area contributed by atoms with Gasteiger partial charge in [0.05, 0.1) is 11.7 Å². The summed E-state index contributed by atoms with van der Waals surface area (Å²) in [5.74, 6) is -2.66. The molecular weight excluding hydrogens is 350 g/mol.